The van der Waals surface area contributed by atoms with Crippen LogP contribution in [0.5, 0.6) is 0 Å². The molecule has 0 aliphatic carbocycles. The highest BCUT2D eigenvalue weighted by molar-refractivity contribution is 6.01. The number of benzene rings is 2. The van der Waals surface area contributed by atoms with E-state index in [0.29, 0.717) is 12.1 Å². The fraction of sp³-hybridized carbons (Fsp3) is 0.417. The summed E-state index contributed by atoms with van der Waals surface area (Å²) in [6.45, 7) is 9.21. The Kier molecular flexibility index (Phi) is 7.97. The van der Waals surface area contributed by atoms with Crippen LogP contribution in [0, 0.1) is 30.3 Å². The Balaban J connectivity index is 1.66. The summed E-state index contributed by atoms with van der Waals surface area (Å²) in [6.07, 6.45) is 0. The molecule has 1 fully saturated rings. The maximum atomic E-state index is 14.6. The Morgan fingerprint density at radius 1 is 1.06 bits per heavy atom. The smallest absolute Gasteiger partial charge is 0.256 e. The number of likely N-dealkylation sites (tertiary alicyclic amines) is 1. The summed E-state index contributed by atoms with van der Waals surface area (Å²) in [6, 6.07) is 6.28. The van der Waals surface area contributed by atoms with Crippen LogP contribution in [-0.2, 0) is 4.79 Å². The van der Waals surface area contributed by atoms with Gasteiger partial charge in [-0.1, -0.05) is 19.9 Å². The zero-order valence-electron chi connectivity index (χ0n) is 19.1. The van der Waals surface area contributed by atoms with E-state index in [1.165, 1.54) is 17.0 Å². The molecule has 0 spiro atoms. The molecular weight excluding hydrogens is 433 g/mol. The van der Waals surface area contributed by atoms with Gasteiger partial charge in [-0.2, -0.15) is 0 Å². The highest BCUT2D eigenvalue weighted by Gasteiger charge is 2.37. The van der Waals surface area contributed by atoms with E-state index in [-0.39, 0.29) is 36.2 Å². The van der Waals surface area contributed by atoms with Crippen molar-refractivity contribution in [2.45, 2.75) is 20.8 Å². The van der Waals surface area contributed by atoms with E-state index in [9.17, 15) is 22.8 Å². The first-order chi connectivity index (χ1) is 15.7. The lowest BCUT2D eigenvalue weighted by molar-refractivity contribution is -0.129. The number of carbonyl (C=O) groups is 2. The van der Waals surface area contributed by atoms with Crippen LogP contribution in [-0.4, -0.2) is 60.9 Å². The van der Waals surface area contributed by atoms with Gasteiger partial charge in [-0.25, -0.2) is 13.2 Å². The normalized spacial score (nSPS) is 13.7. The zero-order chi connectivity index (χ0) is 24.1. The second-order valence-electron chi connectivity index (χ2n) is 8.12. The first-order valence-electron chi connectivity index (χ1n) is 11.1. The van der Waals surface area contributed by atoms with Crippen LogP contribution in [0.25, 0.3) is 0 Å². The average molecular weight is 463 g/mol. The van der Waals surface area contributed by atoms with Gasteiger partial charge in [0.1, 0.15) is 5.82 Å². The fourth-order valence-electron chi connectivity index (χ4n) is 3.71. The topological polar surface area (TPSA) is 64.7 Å². The number of carbonyl (C=O) groups excluding carboxylic acids is 2. The molecule has 2 aromatic carbocycles. The van der Waals surface area contributed by atoms with E-state index in [4.69, 9.17) is 0 Å². The number of amides is 2. The summed E-state index contributed by atoms with van der Waals surface area (Å²) in [5.74, 6) is -4.14. The van der Waals surface area contributed by atoms with E-state index in [2.05, 4.69) is 29.4 Å². The van der Waals surface area contributed by atoms with Crippen molar-refractivity contribution in [1.29, 1.82) is 0 Å². The van der Waals surface area contributed by atoms with Crippen molar-refractivity contribution in [3.05, 3.63) is 58.9 Å². The lowest BCUT2D eigenvalue weighted by atomic mass is 9.97. The molecule has 0 bridgehead atoms. The summed E-state index contributed by atoms with van der Waals surface area (Å²) in [4.78, 5) is 28.9. The molecule has 33 heavy (non-hydrogen) atoms. The van der Waals surface area contributed by atoms with Gasteiger partial charge in [0, 0.05) is 26.2 Å². The van der Waals surface area contributed by atoms with Gasteiger partial charge in [-0.05, 0) is 49.8 Å². The summed E-state index contributed by atoms with van der Waals surface area (Å²) in [5.41, 5.74) is 0.0217. The van der Waals surface area contributed by atoms with Crippen LogP contribution in [0.1, 0.15) is 29.8 Å². The van der Waals surface area contributed by atoms with Crippen LogP contribution in [0.2, 0.25) is 0 Å². The number of halogens is 3. The van der Waals surface area contributed by atoms with Gasteiger partial charge in [-0.15, -0.1) is 0 Å². The summed E-state index contributed by atoms with van der Waals surface area (Å²) < 4.78 is 42.7. The molecule has 0 atom stereocenters. The first kappa shape index (κ1) is 24.6. The minimum absolute atomic E-state index is 0.0757. The quantitative estimate of drug-likeness (QED) is 0.597. The van der Waals surface area contributed by atoms with Crippen LogP contribution in [0.15, 0.2) is 30.3 Å². The number of rotatable bonds is 9. The molecule has 0 radical (unpaired) electrons. The molecule has 9 heteroatoms. The molecular formula is C24H29F3N4O2. The van der Waals surface area contributed by atoms with Crippen molar-refractivity contribution in [3.63, 3.8) is 0 Å². The van der Waals surface area contributed by atoms with Crippen molar-refractivity contribution in [2.24, 2.45) is 5.92 Å². The van der Waals surface area contributed by atoms with Crippen molar-refractivity contribution in [2.75, 3.05) is 44.6 Å². The van der Waals surface area contributed by atoms with Gasteiger partial charge < -0.3 is 20.4 Å². The van der Waals surface area contributed by atoms with Gasteiger partial charge in [0.15, 0.2) is 11.6 Å². The third kappa shape index (κ3) is 5.65. The van der Waals surface area contributed by atoms with Gasteiger partial charge in [0.05, 0.1) is 22.9 Å². The number of aryl methyl sites for hydroxylation is 1. The Morgan fingerprint density at radius 3 is 2.39 bits per heavy atom. The predicted octanol–water partition coefficient (Wildman–Crippen LogP) is 3.69. The Hall–Kier alpha value is -3.07. The van der Waals surface area contributed by atoms with Crippen LogP contribution < -0.4 is 10.6 Å². The van der Waals surface area contributed by atoms with Crippen molar-refractivity contribution in [1.82, 2.24) is 15.1 Å². The molecule has 0 saturated carbocycles. The monoisotopic (exact) mass is 462 g/mol. The highest BCUT2D eigenvalue weighted by Crippen LogP contribution is 2.30. The van der Waals surface area contributed by atoms with E-state index >= 15 is 0 Å². The fourth-order valence-corrected chi connectivity index (χ4v) is 3.71. The lowest BCUT2D eigenvalue weighted by Crippen LogP contribution is -2.56. The van der Waals surface area contributed by atoms with Crippen LogP contribution >= 0.6 is 0 Å². The van der Waals surface area contributed by atoms with Gasteiger partial charge in [0.2, 0.25) is 5.91 Å². The Morgan fingerprint density at radius 2 is 1.76 bits per heavy atom. The molecule has 1 saturated heterocycles. The minimum Gasteiger partial charge on any atom is -0.354 e. The van der Waals surface area contributed by atoms with Crippen molar-refractivity contribution < 1.29 is 22.8 Å². The average Bonchev–Trinajstić information content (AvgIpc) is 2.75. The maximum Gasteiger partial charge on any atom is 0.256 e. The number of likely N-dealkylation sites (N-methyl/N-ethyl adjacent to an activating group) is 1. The Bertz CT molecular complexity index is 1020. The summed E-state index contributed by atoms with van der Waals surface area (Å²) in [5, 5.41) is 5.40. The molecule has 2 aromatic rings. The molecule has 3 rings (SSSR count). The molecule has 6 nitrogen and oxygen atoms in total. The molecule has 2 amide bonds. The molecule has 1 aliphatic heterocycles. The molecule has 178 valence electrons. The summed E-state index contributed by atoms with van der Waals surface area (Å²) in [7, 11) is 0. The lowest BCUT2D eigenvalue weighted by Gasteiger charge is -2.38. The van der Waals surface area contributed by atoms with E-state index in [0.717, 1.165) is 31.8 Å². The standard InChI is InChI=1S/C24H29F3N4O2/c1-4-30(5-2)11-10-28-23(32)16-13-31(14-16)24(33)17-7-8-18(25)21(27)22(17)29-20-9-6-15(3)12-19(20)26/h6-9,12,16,29H,4-5,10-11,13-14H2,1-3H3,(H,28,32). The number of hydrogen-bond donors (Lipinski definition) is 2. The predicted molar refractivity (Wildman–Crippen MR) is 121 cm³/mol. The van der Waals surface area contributed by atoms with Crippen LogP contribution in [0.4, 0.5) is 24.5 Å². The van der Waals surface area contributed by atoms with Gasteiger partial charge in [0.25, 0.3) is 5.91 Å². The van der Waals surface area contributed by atoms with E-state index < -0.39 is 29.0 Å². The maximum absolute atomic E-state index is 14.6. The SMILES string of the molecule is CCN(CC)CCNC(=O)C1CN(C(=O)c2ccc(F)c(F)c2Nc2ccc(C)cc2F)C1. The molecule has 2 N–H and O–H groups in total. The van der Waals surface area contributed by atoms with Crippen LogP contribution in [0.3, 0.4) is 0 Å². The highest BCUT2D eigenvalue weighted by atomic mass is 19.2. The number of anilines is 2. The van der Waals surface area contributed by atoms with Crippen molar-refractivity contribution >= 4 is 23.2 Å². The number of hydrogen-bond acceptors (Lipinski definition) is 4. The first-order valence-corrected chi connectivity index (χ1v) is 11.1. The Labute approximate surface area is 191 Å². The van der Waals surface area contributed by atoms with E-state index in [1.54, 1.807) is 13.0 Å². The van der Waals surface area contributed by atoms with E-state index in [1.807, 2.05) is 0 Å². The largest absolute Gasteiger partial charge is 0.354 e. The zero-order valence-corrected chi connectivity index (χ0v) is 19.1. The number of nitrogens with one attached hydrogen (secondary N) is 2. The second kappa shape index (κ2) is 10.7. The third-order valence-electron chi connectivity index (χ3n) is 5.87. The summed E-state index contributed by atoms with van der Waals surface area (Å²) >= 11 is 0. The third-order valence-corrected chi connectivity index (χ3v) is 5.87. The molecule has 0 aromatic heterocycles. The molecule has 1 aliphatic rings. The minimum atomic E-state index is -1.27. The van der Waals surface area contributed by atoms with Gasteiger partial charge >= 0.3 is 0 Å². The van der Waals surface area contributed by atoms with Gasteiger partial charge in [-0.3, -0.25) is 9.59 Å². The second-order valence-corrected chi connectivity index (χ2v) is 8.12. The molecule has 0 unspecified atom stereocenters. The molecule has 1 heterocycles. The number of nitrogens with zero attached hydrogens (tertiary/aromatic N) is 2. The van der Waals surface area contributed by atoms with Crippen molar-refractivity contribution in [3.8, 4) is 0 Å².